The second-order valence-electron chi connectivity index (χ2n) is 2.51. The smallest absolute Gasteiger partial charge is 0.296 e. The molecule has 0 saturated heterocycles. The number of hydrazine groups is 1. The van der Waals surface area contributed by atoms with Crippen molar-refractivity contribution < 1.29 is 9.59 Å². The van der Waals surface area contributed by atoms with E-state index in [-0.39, 0.29) is 6.03 Å². The highest BCUT2D eigenvalue weighted by Gasteiger charge is 2.19. The molecule has 5 heteroatoms. The van der Waals surface area contributed by atoms with Gasteiger partial charge in [-0.15, -0.1) is 0 Å². The number of nitrogens with one attached hydrogen (secondary N) is 1. The molecule has 1 N–H and O–H groups in total. The number of urea groups is 1. The van der Waals surface area contributed by atoms with E-state index in [9.17, 15) is 9.59 Å². The van der Waals surface area contributed by atoms with Gasteiger partial charge in [-0.25, -0.2) is 10.2 Å². The summed E-state index contributed by atoms with van der Waals surface area (Å²) in [5, 5.41) is 1.34. The van der Waals surface area contributed by atoms with E-state index in [1.807, 2.05) is 0 Å². The van der Waals surface area contributed by atoms with E-state index in [4.69, 9.17) is 0 Å². The lowest BCUT2D eigenvalue weighted by Gasteiger charge is -2.20. The summed E-state index contributed by atoms with van der Waals surface area (Å²) in [5.74, 6) is 0. The largest absolute Gasteiger partial charge is 0.338 e. The Bertz CT molecular complexity index is 237. The normalized spacial score (nSPS) is 18.8. The fourth-order valence-corrected chi connectivity index (χ4v) is 0.954. The van der Waals surface area contributed by atoms with Crippen LogP contribution in [0.25, 0.3) is 0 Å². The van der Waals surface area contributed by atoms with Crippen LogP contribution in [0.15, 0.2) is 11.8 Å². The minimum absolute atomic E-state index is 0.245. The van der Waals surface area contributed by atoms with E-state index in [1.165, 1.54) is 9.91 Å². The van der Waals surface area contributed by atoms with Gasteiger partial charge in [-0.3, -0.25) is 14.7 Å². The molecule has 0 atom stereocenters. The molecule has 0 unspecified atom stereocenters. The molecule has 0 radical (unpaired) electrons. The van der Waals surface area contributed by atoms with Gasteiger partial charge >= 0.3 is 6.03 Å². The summed E-state index contributed by atoms with van der Waals surface area (Å²) < 4.78 is 0. The van der Waals surface area contributed by atoms with E-state index in [1.54, 1.807) is 20.2 Å². The van der Waals surface area contributed by atoms with Crippen LogP contribution in [-0.2, 0) is 4.79 Å². The number of carbonyl (C=O) groups is 2. The Morgan fingerprint density at radius 1 is 1.58 bits per heavy atom. The van der Waals surface area contributed by atoms with Crippen molar-refractivity contribution in [3.63, 3.8) is 0 Å². The van der Waals surface area contributed by atoms with E-state index < -0.39 is 0 Å². The van der Waals surface area contributed by atoms with Crippen molar-refractivity contribution >= 4 is 12.3 Å². The highest BCUT2D eigenvalue weighted by atomic mass is 16.2. The zero-order valence-corrected chi connectivity index (χ0v) is 7.07. The van der Waals surface area contributed by atoms with Gasteiger partial charge in [0.05, 0.1) is 5.70 Å². The first kappa shape index (κ1) is 8.73. The Labute approximate surface area is 70.6 Å². The van der Waals surface area contributed by atoms with Gasteiger partial charge in [-0.1, -0.05) is 0 Å². The van der Waals surface area contributed by atoms with Gasteiger partial charge in [0.1, 0.15) is 0 Å². The number of aldehydes is 1. The standard InChI is InChI=1S/C7H11N3O2/c1-9-6(5-11)3-4-8-10(2)7(9)12/h3,5,8H,4H2,1-2H3. The molecule has 12 heavy (non-hydrogen) atoms. The molecule has 1 aliphatic heterocycles. The molecule has 0 aromatic carbocycles. The van der Waals surface area contributed by atoms with Crippen LogP contribution in [0.1, 0.15) is 0 Å². The maximum Gasteiger partial charge on any atom is 0.338 e. The SMILES string of the molecule is CN1NCC=C(C=O)N(C)C1=O. The molecular weight excluding hydrogens is 158 g/mol. The first-order chi connectivity index (χ1) is 5.66. The fraction of sp³-hybridized carbons (Fsp3) is 0.429. The lowest BCUT2D eigenvalue weighted by molar-refractivity contribution is -0.105. The quantitative estimate of drug-likeness (QED) is 0.542. The van der Waals surface area contributed by atoms with Gasteiger partial charge in [0.15, 0.2) is 6.29 Å². The molecule has 0 aromatic heterocycles. The number of nitrogens with zero attached hydrogens (tertiary/aromatic N) is 2. The molecule has 66 valence electrons. The Balaban J connectivity index is 2.86. The number of hydrogen-bond donors (Lipinski definition) is 1. The number of likely N-dealkylation sites (N-methyl/N-ethyl adjacent to an activating group) is 1. The van der Waals surface area contributed by atoms with Crippen molar-refractivity contribution in [2.24, 2.45) is 0 Å². The summed E-state index contributed by atoms with van der Waals surface area (Å²) in [5.41, 5.74) is 3.18. The van der Waals surface area contributed by atoms with Gasteiger partial charge in [-0.05, 0) is 6.08 Å². The topological polar surface area (TPSA) is 52.7 Å². The minimum Gasteiger partial charge on any atom is -0.296 e. The first-order valence-electron chi connectivity index (χ1n) is 3.57. The van der Waals surface area contributed by atoms with Crippen LogP contribution >= 0.6 is 0 Å². The summed E-state index contributed by atoms with van der Waals surface area (Å²) in [6.07, 6.45) is 2.33. The van der Waals surface area contributed by atoms with Crippen LogP contribution in [0.4, 0.5) is 4.79 Å². The third-order valence-electron chi connectivity index (χ3n) is 1.72. The van der Waals surface area contributed by atoms with E-state index in [0.717, 1.165) is 0 Å². The lowest BCUT2D eigenvalue weighted by Crippen LogP contribution is -2.43. The second kappa shape index (κ2) is 3.36. The van der Waals surface area contributed by atoms with E-state index in [2.05, 4.69) is 5.43 Å². The fourth-order valence-electron chi connectivity index (χ4n) is 0.954. The van der Waals surface area contributed by atoms with Crippen molar-refractivity contribution in [2.75, 3.05) is 20.6 Å². The van der Waals surface area contributed by atoms with Gasteiger partial charge < -0.3 is 0 Å². The Morgan fingerprint density at radius 3 is 2.83 bits per heavy atom. The molecule has 1 aliphatic rings. The molecule has 0 bridgehead atoms. The van der Waals surface area contributed by atoms with Gasteiger partial charge in [-0.2, -0.15) is 0 Å². The summed E-state index contributed by atoms with van der Waals surface area (Å²) >= 11 is 0. The maximum absolute atomic E-state index is 11.3. The summed E-state index contributed by atoms with van der Waals surface area (Å²) in [6, 6.07) is -0.245. The first-order valence-corrected chi connectivity index (χ1v) is 3.57. The summed E-state index contributed by atoms with van der Waals surface area (Å²) in [4.78, 5) is 23.1. The Kier molecular flexibility index (Phi) is 2.44. The van der Waals surface area contributed by atoms with Crippen molar-refractivity contribution in [1.29, 1.82) is 0 Å². The lowest BCUT2D eigenvalue weighted by atomic mass is 10.4. The zero-order chi connectivity index (χ0) is 9.14. The highest BCUT2D eigenvalue weighted by molar-refractivity contribution is 5.84. The van der Waals surface area contributed by atoms with Gasteiger partial charge in [0, 0.05) is 20.6 Å². The van der Waals surface area contributed by atoms with Crippen LogP contribution in [0.2, 0.25) is 0 Å². The summed E-state index contributed by atoms with van der Waals surface area (Å²) in [6.45, 7) is 0.487. The minimum atomic E-state index is -0.245. The van der Waals surface area contributed by atoms with Crippen molar-refractivity contribution in [3.05, 3.63) is 11.8 Å². The third-order valence-corrected chi connectivity index (χ3v) is 1.72. The van der Waals surface area contributed by atoms with E-state index >= 15 is 0 Å². The second-order valence-corrected chi connectivity index (χ2v) is 2.51. The van der Waals surface area contributed by atoms with Gasteiger partial charge in [0.2, 0.25) is 0 Å². The molecule has 1 heterocycles. The van der Waals surface area contributed by atoms with Crippen molar-refractivity contribution in [2.45, 2.75) is 0 Å². The Morgan fingerprint density at radius 2 is 2.25 bits per heavy atom. The van der Waals surface area contributed by atoms with E-state index in [0.29, 0.717) is 18.5 Å². The van der Waals surface area contributed by atoms with Crippen LogP contribution in [0, 0.1) is 0 Å². The van der Waals surface area contributed by atoms with Crippen LogP contribution < -0.4 is 5.43 Å². The monoisotopic (exact) mass is 169 g/mol. The molecule has 0 spiro atoms. The average molecular weight is 169 g/mol. The number of allylic oxidation sites excluding steroid dienone is 1. The van der Waals surface area contributed by atoms with Crippen molar-refractivity contribution in [1.82, 2.24) is 15.3 Å². The maximum atomic E-state index is 11.3. The molecule has 0 aliphatic carbocycles. The number of rotatable bonds is 1. The number of hydrogen-bond acceptors (Lipinski definition) is 3. The average Bonchev–Trinajstić information content (AvgIpc) is 2.19. The molecule has 2 amide bonds. The van der Waals surface area contributed by atoms with Crippen molar-refractivity contribution in [3.8, 4) is 0 Å². The van der Waals surface area contributed by atoms with Crippen LogP contribution in [-0.4, -0.2) is 42.9 Å². The summed E-state index contributed by atoms with van der Waals surface area (Å²) in [7, 11) is 3.17. The van der Waals surface area contributed by atoms with Crippen LogP contribution in [0.3, 0.4) is 0 Å². The van der Waals surface area contributed by atoms with Gasteiger partial charge in [0.25, 0.3) is 0 Å². The zero-order valence-electron chi connectivity index (χ0n) is 7.07. The van der Waals surface area contributed by atoms with Crippen LogP contribution in [0.5, 0.6) is 0 Å². The molecule has 0 saturated carbocycles. The predicted molar refractivity (Wildman–Crippen MR) is 43.1 cm³/mol. The number of amides is 2. The molecule has 0 fully saturated rings. The third kappa shape index (κ3) is 1.45. The molecule has 0 aromatic rings. The number of carbonyl (C=O) groups excluding carboxylic acids is 2. The predicted octanol–water partition coefficient (Wildman–Crippen LogP) is -0.429. The molecular formula is C7H11N3O2. The highest BCUT2D eigenvalue weighted by Crippen LogP contribution is 2.03. The Hall–Kier alpha value is -1.36. The molecule has 1 rings (SSSR count). The molecule has 5 nitrogen and oxygen atoms in total.